The molecular formula is C20H26N4OS. The summed E-state index contributed by atoms with van der Waals surface area (Å²) in [6.45, 7) is 4.94. The van der Waals surface area contributed by atoms with Crippen LogP contribution >= 0.6 is 11.8 Å². The van der Waals surface area contributed by atoms with E-state index >= 15 is 0 Å². The van der Waals surface area contributed by atoms with Crippen LogP contribution < -0.4 is 10.6 Å². The van der Waals surface area contributed by atoms with Crippen LogP contribution in [-0.2, 0) is 6.54 Å². The number of thioether (sulfide) groups is 1. The molecule has 0 unspecified atom stereocenters. The summed E-state index contributed by atoms with van der Waals surface area (Å²) in [4.78, 5) is 20.2. The maximum Gasteiger partial charge on any atom is 0.319 e. The van der Waals surface area contributed by atoms with Gasteiger partial charge in [0.25, 0.3) is 0 Å². The number of carbonyl (C=O) groups is 1. The number of carbonyl (C=O) groups excluding carboxylic acids is 1. The van der Waals surface area contributed by atoms with Crippen LogP contribution in [0.1, 0.15) is 25.5 Å². The Labute approximate surface area is 159 Å². The first-order chi connectivity index (χ1) is 12.7. The molecule has 0 aliphatic carbocycles. The van der Waals surface area contributed by atoms with Crippen molar-refractivity contribution < 1.29 is 4.79 Å². The molecular weight excluding hydrogens is 344 g/mol. The molecule has 0 saturated carbocycles. The summed E-state index contributed by atoms with van der Waals surface area (Å²) in [7, 11) is 0. The zero-order chi connectivity index (χ0) is 18.2. The van der Waals surface area contributed by atoms with Gasteiger partial charge in [0, 0.05) is 36.8 Å². The zero-order valence-electron chi connectivity index (χ0n) is 15.1. The molecule has 3 rings (SSSR count). The van der Waals surface area contributed by atoms with E-state index in [1.165, 1.54) is 0 Å². The summed E-state index contributed by atoms with van der Waals surface area (Å²) in [5.41, 5.74) is 1.98. The van der Waals surface area contributed by atoms with E-state index in [1.807, 2.05) is 42.6 Å². The predicted octanol–water partition coefficient (Wildman–Crippen LogP) is 3.98. The fourth-order valence-electron chi connectivity index (χ4n) is 3.15. The lowest BCUT2D eigenvalue weighted by Gasteiger charge is -2.32. The van der Waals surface area contributed by atoms with Crippen LogP contribution in [0.4, 0.5) is 10.5 Å². The van der Waals surface area contributed by atoms with E-state index < -0.39 is 0 Å². The van der Waals surface area contributed by atoms with Gasteiger partial charge in [-0.1, -0.05) is 25.1 Å². The molecule has 0 atom stereocenters. The number of aromatic nitrogens is 1. The van der Waals surface area contributed by atoms with Crippen molar-refractivity contribution in [3.8, 4) is 0 Å². The number of likely N-dealkylation sites (tertiary alicyclic amines) is 1. The van der Waals surface area contributed by atoms with Gasteiger partial charge < -0.3 is 10.6 Å². The molecule has 0 bridgehead atoms. The summed E-state index contributed by atoms with van der Waals surface area (Å²) >= 11 is 1.74. The lowest BCUT2D eigenvalue weighted by atomic mass is 10.1. The molecule has 1 aliphatic heterocycles. The number of para-hydroxylation sites is 1. The molecule has 5 nitrogen and oxygen atoms in total. The number of urea groups is 1. The topological polar surface area (TPSA) is 57.3 Å². The van der Waals surface area contributed by atoms with E-state index in [0.717, 1.165) is 54.5 Å². The first-order valence-corrected chi connectivity index (χ1v) is 10.1. The highest BCUT2D eigenvalue weighted by molar-refractivity contribution is 7.99. The van der Waals surface area contributed by atoms with Crippen molar-refractivity contribution in [2.75, 3.05) is 24.2 Å². The number of amides is 2. The number of nitrogens with zero attached hydrogens (tertiary/aromatic N) is 2. The molecule has 2 amide bonds. The molecule has 1 aliphatic rings. The van der Waals surface area contributed by atoms with Crippen molar-refractivity contribution in [2.45, 2.75) is 37.2 Å². The predicted molar refractivity (Wildman–Crippen MR) is 108 cm³/mol. The van der Waals surface area contributed by atoms with Gasteiger partial charge in [0.2, 0.25) is 0 Å². The molecule has 2 N–H and O–H groups in total. The van der Waals surface area contributed by atoms with E-state index in [4.69, 9.17) is 0 Å². The average Bonchev–Trinajstić information content (AvgIpc) is 2.66. The Balaban J connectivity index is 1.45. The average molecular weight is 371 g/mol. The van der Waals surface area contributed by atoms with Crippen molar-refractivity contribution in [1.82, 2.24) is 15.2 Å². The van der Waals surface area contributed by atoms with Gasteiger partial charge in [-0.2, -0.15) is 0 Å². The van der Waals surface area contributed by atoms with Gasteiger partial charge in [-0.3, -0.25) is 9.88 Å². The lowest BCUT2D eigenvalue weighted by molar-refractivity contribution is 0.188. The van der Waals surface area contributed by atoms with E-state index in [9.17, 15) is 4.79 Å². The molecule has 0 spiro atoms. The number of hydrogen-bond donors (Lipinski definition) is 2. The quantitative estimate of drug-likeness (QED) is 0.755. The summed E-state index contributed by atoms with van der Waals surface area (Å²) in [5.74, 6) is 0.981. The highest BCUT2D eigenvalue weighted by Crippen LogP contribution is 2.26. The Bertz CT molecular complexity index is 702. The molecule has 1 saturated heterocycles. The minimum absolute atomic E-state index is 0.114. The third-order valence-electron chi connectivity index (χ3n) is 4.47. The second-order valence-electron chi connectivity index (χ2n) is 6.40. The van der Waals surface area contributed by atoms with E-state index in [0.29, 0.717) is 0 Å². The van der Waals surface area contributed by atoms with Gasteiger partial charge in [0.05, 0.1) is 11.4 Å². The van der Waals surface area contributed by atoms with Gasteiger partial charge in [-0.25, -0.2) is 4.79 Å². The normalized spacial score (nSPS) is 15.6. The Morgan fingerprint density at radius 1 is 1.19 bits per heavy atom. The monoisotopic (exact) mass is 370 g/mol. The Hall–Kier alpha value is -2.05. The Morgan fingerprint density at radius 2 is 1.96 bits per heavy atom. The summed E-state index contributed by atoms with van der Waals surface area (Å²) < 4.78 is 0. The van der Waals surface area contributed by atoms with Crippen LogP contribution in [0, 0.1) is 0 Å². The van der Waals surface area contributed by atoms with Crippen LogP contribution in [0.2, 0.25) is 0 Å². The molecule has 26 heavy (non-hydrogen) atoms. The fraction of sp³-hybridized carbons (Fsp3) is 0.400. The standard InChI is InChI=1S/C20H26N4OS/c1-2-26-19-9-4-3-8-18(19)23-20(25)22-16-10-13-24(14-11-16)15-17-7-5-6-12-21-17/h3-9,12,16H,2,10-11,13-15H2,1H3,(H2,22,23,25). The minimum atomic E-state index is -0.114. The fourth-order valence-corrected chi connectivity index (χ4v) is 3.91. The second kappa shape index (κ2) is 9.59. The third-order valence-corrected chi connectivity index (χ3v) is 5.43. The van der Waals surface area contributed by atoms with Crippen LogP contribution in [0.5, 0.6) is 0 Å². The number of benzene rings is 1. The number of nitrogens with one attached hydrogen (secondary N) is 2. The molecule has 1 fully saturated rings. The van der Waals surface area contributed by atoms with Crippen molar-refractivity contribution in [1.29, 1.82) is 0 Å². The molecule has 6 heteroatoms. The summed E-state index contributed by atoms with van der Waals surface area (Å²) in [6, 6.07) is 14.1. The summed E-state index contributed by atoms with van der Waals surface area (Å²) in [6.07, 6.45) is 3.76. The van der Waals surface area contributed by atoms with Crippen molar-refractivity contribution in [2.24, 2.45) is 0 Å². The zero-order valence-corrected chi connectivity index (χ0v) is 16.0. The van der Waals surface area contributed by atoms with Crippen molar-refractivity contribution in [3.05, 3.63) is 54.4 Å². The smallest absolute Gasteiger partial charge is 0.319 e. The first kappa shape index (κ1) is 18.7. The van der Waals surface area contributed by atoms with Gasteiger partial charge >= 0.3 is 6.03 Å². The number of piperidine rings is 1. The van der Waals surface area contributed by atoms with Gasteiger partial charge in [0.15, 0.2) is 0 Å². The Morgan fingerprint density at radius 3 is 2.69 bits per heavy atom. The molecule has 0 radical (unpaired) electrons. The minimum Gasteiger partial charge on any atom is -0.335 e. The number of pyridine rings is 1. The van der Waals surface area contributed by atoms with Gasteiger partial charge in [0.1, 0.15) is 0 Å². The third kappa shape index (κ3) is 5.47. The molecule has 2 heterocycles. The highest BCUT2D eigenvalue weighted by atomic mass is 32.2. The maximum atomic E-state index is 12.4. The van der Waals surface area contributed by atoms with Crippen LogP contribution in [0.25, 0.3) is 0 Å². The largest absolute Gasteiger partial charge is 0.335 e. The van der Waals surface area contributed by atoms with Crippen LogP contribution in [-0.4, -0.2) is 40.8 Å². The number of hydrogen-bond acceptors (Lipinski definition) is 4. The first-order valence-electron chi connectivity index (χ1n) is 9.16. The van der Waals surface area contributed by atoms with E-state index in [2.05, 4.69) is 33.5 Å². The van der Waals surface area contributed by atoms with E-state index in [-0.39, 0.29) is 12.1 Å². The SMILES string of the molecule is CCSc1ccccc1NC(=O)NC1CCN(Cc2ccccn2)CC1. The molecule has 138 valence electrons. The van der Waals surface area contributed by atoms with E-state index in [1.54, 1.807) is 11.8 Å². The second-order valence-corrected chi connectivity index (χ2v) is 7.70. The summed E-state index contributed by atoms with van der Waals surface area (Å²) in [5, 5.41) is 6.12. The molecule has 1 aromatic carbocycles. The van der Waals surface area contributed by atoms with Gasteiger partial charge in [-0.15, -0.1) is 11.8 Å². The highest BCUT2D eigenvalue weighted by Gasteiger charge is 2.21. The molecule has 1 aromatic heterocycles. The van der Waals surface area contributed by atoms with Crippen LogP contribution in [0.3, 0.4) is 0 Å². The number of rotatable bonds is 6. The van der Waals surface area contributed by atoms with Crippen LogP contribution in [0.15, 0.2) is 53.6 Å². The number of anilines is 1. The van der Waals surface area contributed by atoms with Gasteiger partial charge in [-0.05, 0) is 42.9 Å². The Kier molecular flexibility index (Phi) is 6.91. The van der Waals surface area contributed by atoms with Crippen molar-refractivity contribution in [3.63, 3.8) is 0 Å². The van der Waals surface area contributed by atoms with Crippen molar-refractivity contribution >= 4 is 23.5 Å². The molecule has 2 aromatic rings. The maximum absolute atomic E-state index is 12.4. The lowest BCUT2D eigenvalue weighted by Crippen LogP contribution is -2.45.